The van der Waals surface area contributed by atoms with Crippen molar-refractivity contribution in [2.75, 3.05) is 0 Å². The first-order valence-electron chi connectivity index (χ1n) is 4.62. The summed E-state index contributed by atoms with van der Waals surface area (Å²) in [6.07, 6.45) is 5.94. The summed E-state index contributed by atoms with van der Waals surface area (Å²) in [5.41, 5.74) is 2.25. The molecule has 0 bridgehead atoms. The van der Waals surface area contributed by atoms with Gasteiger partial charge in [0.25, 0.3) is 0 Å². The number of ketones is 1. The van der Waals surface area contributed by atoms with Crippen molar-refractivity contribution in [2.24, 2.45) is 0 Å². The summed E-state index contributed by atoms with van der Waals surface area (Å²) in [5, 5.41) is 8.17. The fraction of sp³-hybridized carbons (Fsp3) is 0. The lowest BCUT2D eigenvalue weighted by atomic mass is 10.2. The number of hydroxylamine groups is 1. The van der Waals surface area contributed by atoms with Gasteiger partial charge in [0.1, 0.15) is 0 Å². The van der Waals surface area contributed by atoms with Crippen LogP contribution in [0.1, 0.15) is 5.56 Å². The van der Waals surface area contributed by atoms with Gasteiger partial charge in [0.2, 0.25) is 5.78 Å². The van der Waals surface area contributed by atoms with Gasteiger partial charge in [0, 0.05) is 0 Å². The van der Waals surface area contributed by atoms with Crippen LogP contribution in [0.5, 0.6) is 0 Å². The van der Waals surface area contributed by atoms with E-state index in [2.05, 4.69) is 0 Å². The molecule has 0 fully saturated rings. The van der Waals surface area contributed by atoms with E-state index in [0.717, 1.165) is 11.6 Å². The topological polar surface area (TPSA) is 66.4 Å². The molecule has 0 aliphatic rings. The van der Waals surface area contributed by atoms with Crippen LogP contribution in [-0.4, -0.2) is 16.9 Å². The molecule has 4 heteroatoms. The lowest BCUT2D eigenvalue weighted by molar-refractivity contribution is -0.140. The second-order valence-electron chi connectivity index (χ2n) is 2.93. The summed E-state index contributed by atoms with van der Waals surface area (Å²) in [7, 11) is 0. The van der Waals surface area contributed by atoms with Gasteiger partial charge in [-0.2, -0.15) is 0 Å². The Balaban J connectivity index is 2.52. The van der Waals surface area contributed by atoms with Gasteiger partial charge in [0.15, 0.2) is 0 Å². The Labute approximate surface area is 92.9 Å². The molecule has 1 aromatic rings. The average Bonchev–Trinajstić information content (AvgIpc) is 2.34. The fourth-order valence-corrected chi connectivity index (χ4v) is 1.00. The van der Waals surface area contributed by atoms with Crippen LogP contribution >= 0.6 is 0 Å². The van der Waals surface area contributed by atoms with Crippen LogP contribution in [0.3, 0.4) is 0 Å². The summed E-state index contributed by atoms with van der Waals surface area (Å²) >= 11 is 0. The fourth-order valence-electron chi connectivity index (χ4n) is 1.00. The summed E-state index contributed by atoms with van der Waals surface area (Å²) in [6.45, 7) is 0. The highest BCUT2D eigenvalue weighted by Gasteiger charge is 2.06. The predicted octanol–water partition coefficient (Wildman–Crippen LogP) is 1.33. The van der Waals surface area contributed by atoms with E-state index in [1.807, 2.05) is 30.3 Å². The monoisotopic (exact) mass is 217 g/mol. The maximum Gasteiger partial charge on any atom is 0.315 e. The van der Waals surface area contributed by atoms with Crippen LogP contribution in [0.2, 0.25) is 0 Å². The first-order chi connectivity index (χ1) is 7.74. The number of amides is 1. The summed E-state index contributed by atoms with van der Waals surface area (Å²) in [6, 6.07) is 9.52. The highest BCUT2D eigenvalue weighted by molar-refractivity contribution is 6.40. The Kier molecular flexibility index (Phi) is 4.69. The number of nitrogens with one attached hydrogen (secondary N) is 1. The van der Waals surface area contributed by atoms with Crippen LogP contribution in [0.25, 0.3) is 6.08 Å². The van der Waals surface area contributed by atoms with E-state index in [-0.39, 0.29) is 0 Å². The molecule has 1 aromatic carbocycles. The van der Waals surface area contributed by atoms with Gasteiger partial charge >= 0.3 is 5.91 Å². The number of allylic oxidation sites excluding steroid dienone is 2. The van der Waals surface area contributed by atoms with E-state index in [4.69, 9.17) is 5.21 Å². The minimum Gasteiger partial charge on any atom is -0.288 e. The molecule has 0 saturated heterocycles. The van der Waals surface area contributed by atoms with Crippen molar-refractivity contribution >= 4 is 17.8 Å². The summed E-state index contributed by atoms with van der Waals surface area (Å²) < 4.78 is 0. The predicted molar refractivity (Wildman–Crippen MR) is 59.6 cm³/mol. The molecule has 16 heavy (non-hydrogen) atoms. The first kappa shape index (κ1) is 11.9. The number of carbonyl (C=O) groups is 2. The molecule has 2 N–H and O–H groups in total. The number of benzene rings is 1. The highest BCUT2D eigenvalue weighted by Crippen LogP contribution is 2.00. The zero-order chi connectivity index (χ0) is 11.8. The summed E-state index contributed by atoms with van der Waals surface area (Å²) in [4.78, 5) is 21.5. The third-order valence-corrected chi connectivity index (χ3v) is 1.77. The molecule has 0 spiro atoms. The largest absolute Gasteiger partial charge is 0.315 e. The second-order valence-corrected chi connectivity index (χ2v) is 2.93. The lowest BCUT2D eigenvalue weighted by Crippen LogP contribution is -2.26. The van der Waals surface area contributed by atoms with Crippen LogP contribution in [0.4, 0.5) is 0 Å². The molecule has 82 valence electrons. The Morgan fingerprint density at radius 3 is 2.44 bits per heavy atom. The Morgan fingerprint density at radius 1 is 1.12 bits per heavy atom. The molecule has 1 amide bonds. The smallest absolute Gasteiger partial charge is 0.288 e. The molecule has 0 heterocycles. The molecule has 1 rings (SSSR count). The van der Waals surface area contributed by atoms with Crippen molar-refractivity contribution in [1.82, 2.24) is 5.48 Å². The van der Waals surface area contributed by atoms with Crippen molar-refractivity contribution in [2.45, 2.75) is 0 Å². The molecular formula is C12H11NO3. The van der Waals surface area contributed by atoms with Gasteiger partial charge in [-0.25, -0.2) is 5.48 Å². The molecular weight excluding hydrogens is 206 g/mol. The molecule has 0 radical (unpaired) electrons. The zero-order valence-corrected chi connectivity index (χ0v) is 8.46. The van der Waals surface area contributed by atoms with Gasteiger partial charge in [-0.15, -0.1) is 0 Å². The number of carbonyl (C=O) groups excluding carboxylic acids is 2. The Bertz CT molecular complexity index is 421. The third-order valence-electron chi connectivity index (χ3n) is 1.77. The average molecular weight is 217 g/mol. The highest BCUT2D eigenvalue weighted by atomic mass is 16.5. The zero-order valence-electron chi connectivity index (χ0n) is 8.46. The number of hydrogen-bond donors (Lipinski definition) is 2. The van der Waals surface area contributed by atoms with E-state index in [1.165, 1.54) is 11.6 Å². The number of rotatable bonds is 4. The van der Waals surface area contributed by atoms with Crippen LogP contribution in [0.15, 0.2) is 48.6 Å². The van der Waals surface area contributed by atoms with E-state index in [9.17, 15) is 9.59 Å². The normalized spacial score (nSPS) is 10.8. The molecule has 0 atom stereocenters. The third kappa shape index (κ3) is 3.89. The minimum absolute atomic E-state index is 0.805. The van der Waals surface area contributed by atoms with Gasteiger partial charge < -0.3 is 0 Å². The molecule has 0 saturated carbocycles. The molecule has 0 aromatic heterocycles. The van der Waals surface area contributed by atoms with Crippen molar-refractivity contribution in [3.05, 3.63) is 54.1 Å². The maximum absolute atomic E-state index is 10.9. The van der Waals surface area contributed by atoms with Gasteiger partial charge in [-0.05, 0) is 11.6 Å². The van der Waals surface area contributed by atoms with Crippen molar-refractivity contribution < 1.29 is 14.8 Å². The van der Waals surface area contributed by atoms with E-state index >= 15 is 0 Å². The second kappa shape index (κ2) is 6.31. The Morgan fingerprint density at radius 2 is 1.81 bits per heavy atom. The van der Waals surface area contributed by atoms with Crippen LogP contribution in [-0.2, 0) is 9.59 Å². The van der Waals surface area contributed by atoms with Gasteiger partial charge in [-0.1, -0.05) is 48.6 Å². The SMILES string of the molecule is O=C(/C=C/C=C/c1ccccc1)C(=O)NO. The Hall–Kier alpha value is -2.20. The van der Waals surface area contributed by atoms with Crippen LogP contribution in [0, 0.1) is 0 Å². The van der Waals surface area contributed by atoms with Crippen molar-refractivity contribution in [1.29, 1.82) is 0 Å². The molecule has 4 nitrogen and oxygen atoms in total. The van der Waals surface area contributed by atoms with Gasteiger partial charge in [-0.3, -0.25) is 14.8 Å². The minimum atomic E-state index is -1.05. The molecule has 0 unspecified atom stereocenters. The van der Waals surface area contributed by atoms with E-state index in [1.54, 1.807) is 12.2 Å². The van der Waals surface area contributed by atoms with Gasteiger partial charge in [0.05, 0.1) is 0 Å². The first-order valence-corrected chi connectivity index (χ1v) is 4.62. The number of hydrogen-bond acceptors (Lipinski definition) is 3. The summed E-state index contributed by atoms with van der Waals surface area (Å²) in [5.74, 6) is -1.86. The van der Waals surface area contributed by atoms with Crippen molar-refractivity contribution in [3.63, 3.8) is 0 Å². The van der Waals surface area contributed by atoms with E-state index in [0.29, 0.717) is 0 Å². The quantitative estimate of drug-likeness (QED) is 0.263. The maximum atomic E-state index is 10.9. The molecule has 0 aliphatic carbocycles. The van der Waals surface area contributed by atoms with Crippen molar-refractivity contribution in [3.8, 4) is 0 Å². The van der Waals surface area contributed by atoms with E-state index < -0.39 is 11.7 Å². The molecule has 0 aliphatic heterocycles. The lowest BCUT2D eigenvalue weighted by Gasteiger charge is -1.90. The standard InChI is InChI=1S/C12H11NO3/c14-11(12(15)13-16)9-5-4-8-10-6-2-1-3-7-10/h1-9,16H,(H,13,15)/b8-4+,9-5+. The van der Waals surface area contributed by atoms with Crippen LogP contribution < -0.4 is 5.48 Å².